The van der Waals surface area contributed by atoms with Crippen molar-refractivity contribution >= 4 is 17.2 Å². The van der Waals surface area contributed by atoms with Crippen LogP contribution in [0.4, 0.5) is 4.39 Å². The van der Waals surface area contributed by atoms with Gasteiger partial charge in [0.1, 0.15) is 16.6 Å². The Bertz CT molecular complexity index is 834. The van der Waals surface area contributed by atoms with Gasteiger partial charge in [-0.1, -0.05) is 30.3 Å². The topological polar surface area (TPSA) is 51.2 Å². The number of hydrogen-bond donors (Lipinski definition) is 1. The van der Waals surface area contributed by atoms with E-state index >= 15 is 0 Å². The molecule has 0 unspecified atom stereocenters. The first-order chi connectivity index (χ1) is 12.1. The number of amides is 1. The first kappa shape index (κ1) is 17.1. The second-order valence-electron chi connectivity index (χ2n) is 5.44. The Morgan fingerprint density at radius 2 is 1.92 bits per heavy atom. The van der Waals surface area contributed by atoms with Crippen LogP contribution in [0.1, 0.15) is 12.6 Å². The van der Waals surface area contributed by atoms with Crippen LogP contribution in [0.25, 0.3) is 10.6 Å². The van der Waals surface area contributed by atoms with Gasteiger partial charge in [-0.2, -0.15) is 0 Å². The molecule has 1 aromatic heterocycles. The zero-order valence-corrected chi connectivity index (χ0v) is 14.4. The smallest absolute Gasteiger partial charge is 0.261 e. The third-order valence-electron chi connectivity index (χ3n) is 3.51. The minimum atomic E-state index is -0.683. The number of ether oxygens (including phenoxy) is 1. The number of carbonyl (C=O) groups excluding carboxylic acids is 1. The van der Waals surface area contributed by atoms with Gasteiger partial charge in [0.2, 0.25) is 0 Å². The molecule has 128 valence electrons. The second kappa shape index (κ2) is 7.90. The summed E-state index contributed by atoms with van der Waals surface area (Å²) in [5, 5.41) is 5.64. The molecule has 1 atom stereocenters. The Morgan fingerprint density at radius 1 is 1.20 bits per heavy atom. The molecule has 3 aromatic rings. The molecule has 25 heavy (non-hydrogen) atoms. The Hall–Kier alpha value is -2.73. The summed E-state index contributed by atoms with van der Waals surface area (Å²) in [5.74, 6) is -0.148. The van der Waals surface area contributed by atoms with Crippen LogP contribution in [0.15, 0.2) is 60.0 Å². The highest BCUT2D eigenvalue weighted by Crippen LogP contribution is 2.23. The van der Waals surface area contributed by atoms with E-state index in [0.29, 0.717) is 12.3 Å². The number of benzene rings is 2. The van der Waals surface area contributed by atoms with Crippen LogP contribution in [0.3, 0.4) is 0 Å². The molecule has 2 aromatic carbocycles. The van der Waals surface area contributed by atoms with Crippen molar-refractivity contribution in [2.24, 2.45) is 0 Å². The average Bonchev–Trinajstić information content (AvgIpc) is 3.11. The van der Waals surface area contributed by atoms with E-state index in [1.54, 1.807) is 6.92 Å². The van der Waals surface area contributed by atoms with Crippen LogP contribution in [0.5, 0.6) is 5.75 Å². The van der Waals surface area contributed by atoms with Gasteiger partial charge in [0, 0.05) is 10.9 Å². The van der Waals surface area contributed by atoms with E-state index in [0.717, 1.165) is 16.3 Å². The maximum absolute atomic E-state index is 12.9. The third kappa shape index (κ3) is 4.64. The Morgan fingerprint density at radius 3 is 2.64 bits per heavy atom. The van der Waals surface area contributed by atoms with Crippen molar-refractivity contribution in [3.05, 3.63) is 71.5 Å². The zero-order chi connectivity index (χ0) is 17.6. The number of nitrogens with one attached hydrogen (secondary N) is 1. The fourth-order valence-electron chi connectivity index (χ4n) is 2.19. The lowest BCUT2D eigenvalue weighted by molar-refractivity contribution is -0.127. The summed E-state index contributed by atoms with van der Waals surface area (Å²) in [7, 11) is 0. The first-order valence-electron chi connectivity index (χ1n) is 7.81. The van der Waals surface area contributed by atoms with Gasteiger partial charge in [-0.05, 0) is 31.2 Å². The molecule has 6 heteroatoms. The van der Waals surface area contributed by atoms with Crippen molar-refractivity contribution in [1.82, 2.24) is 10.3 Å². The minimum Gasteiger partial charge on any atom is -0.481 e. The number of thiazole rings is 1. The molecule has 0 saturated carbocycles. The monoisotopic (exact) mass is 356 g/mol. The molecule has 0 saturated heterocycles. The summed E-state index contributed by atoms with van der Waals surface area (Å²) in [6.45, 7) is 1.98. The number of hydrogen-bond acceptors (Lipinski definition) is 4. The van der Waals surface area contributed by atoms with E-state index in [9.17, 15) is 9.18 Å². The Kier molecular flexibility index (Phi) is 5.40. The quantitative estimate of drug-likeness (QED) is 0.725. The lowest BCUT2D eigenvalue weighted by Crippen LogP contribution is -2.35. The van der Waals surface area contributed by atoms with Gasteiger partial charge in [-0.3, -0.25) is 4.79 Å². The number of rotatable bonds is 6. The van der Waals surface area contributed by atoms with Crippen LogP contribution < -0.4 is 10.1 Å². The van der Waals surface area contributed by atoms with E-state index in [1.807, 2.05) is 35.7 Å². The molecule has 0 aliphatic rings. The predicted octanol–water partition coefficient (Wildman–Crippen LogP) is 4.03. The van der Waals surface area contributed by atoms with Gasteiger partial charge in [-0.15, -0.1) is 11.3 Å². The van der Waals surface area contributed by atoms with Crippen molar-refractivity contribution in [3.63, 3.8) is 0 Å². The Labute approximate surface area is 149 Å². The van der Waals surface area contributed by atoms with Gasteiger partial charge < -0.3 is 10.1 Å². The standard InChI is InChI=1S/C19H17FN2O2S/c1-13(24-17-9-7-15(20)8-10-17)18(23)21-11-16-12-25-19(22-16)14-5-3-2-4-6-14/h2-10,12-13H,11H2,1H3,(H,21,23)/t13-/m0/s1. The maximum atomic E-state index is 12.9. The van der Waals surface area contributed by atoms with Gasteiger partial charge in [0.05, 0.1) is 12.2 Å². The number of carbonyl (C=O) groups is 1. The maximum Gasteiger partial charge on any atom is 0.261 e. The molecular formula is C19H17FN2O2S. The van der Waals surface area contributed by atoms with Crippen molar-refractivity contribution in [3.8, 4) is 16.3 Å². The molecule has 0 spiro atoms. The highest BCUT2D eigenvalue weighted by Gasteiger charge is 2.15. The van der Waals surface area contributed by atoms with Crippen LogP contribution in [-0.2, 0) is 11.3 Å². The number of halogens is 1. The summed E-state index contributed by atoms with van der Waals surface area (Å²) in [4.78, 5) is 16.7. The summed E-state index contributed by atoms with van der Waals surface area (Å²) in [5.41, 5.74) is 1.85. The van der Waals surface area contributed by atoms with E-state index < -0.39 is 6.10 Å². The van der Waals surface area contributed by atoms with Gasteiger partial charge in [0.15, 0.2) is 6.10 Å². The predicted molar refractivity (Wildman–Crippen MR) is 95.9 cm³/mol. The highest BCUT2D eigenvalue weighted by molar-refractivity contribution is 7.13. The molecule has 1 N–H and O–H groups in total. The normalized spacial score (nSPS) is 11.8. The van der Waals surface area contributed by atoms with Crippen molar-refractivity contribution in [2.75, 3.05) is 0 Å². The fraction of sp³-hybridized carbons (Fsp3) is 0.158. The SMILES string of the molecule is C[C@H](Oc1ccc(F)cc1)C(=O)NCc1csc(-c2ccccc2)n1. The van der Waals surface area contributed by atoms with Crippen molar-refractivity contribution in [2.45, 2.75) is 19.6 Å². The summed E-state index contributed by atoms with van der Waals surface area (Å²) < 4.78 is 18.4. The van der Waals surface area contributed by atoms with Crippen molar-refractivity contribution < 1.29 is 13.9 Å². The van der Waals surface area contributed by atoms with E-state index in [-0.39, 0.29) is 11.7 Å². The highest BCUT2D eigenvalue weighted by atomic mass is 32.1. The lowest BCUT2D eigenvalue weighted by Gasteiger charge is -2.14. The van der Waals surface area contributed by atoms with Crippen LogP contribution in [-0.4, -0.2) is 17.0 Å². The summed E-state index contributed by atoms with van der Waals surface area (Å²) in [6.07, 6.45) is -0.683. The number of aromatic nitrogens is 1. The molecule has 0 fully saturated rings. The van der Waals surface area contributed by atoms with Crippen LogP contribution in [0.2, 0.25) is 0 Å². The zero-order valence-electron chi connectivity index (χ0n) is 13.6. The van der Waals surface area contributed by atoms with Crippen LogP contribution in [0, 0.1) is 5.82 Å². The Balaban J connectivity index is 1.53. The first-order valence-corrected chi connectivity index (χ1v) is 8.69. The molecule has 3 rings (SSSR count). The lowest BCUT2D eigenvalue weighted by atomic mass is 10.2. The fourth-order valence-corrected chi connectivity index (χ4v) is 3.02. The minimum absolute atomic E-state index is 0.251. The molecule has 0 aliphatic heterocycles. The van der Waals surface area contributed by atoms with Crippen LogP contribution >= 0.6 is 11.3 Å². The average molecular weight is 356 g/mol. The van der Waals surface area contributed by atoms with E-state index in [1.165, 1.54) is 35.6 Å². The second-order valence-corrected chi connectivity index (χ2v) is 6.30. The molecule has 4 nitrogen and oxygen atoms in total. The van der Waals surface area contributed by atoms with Gasteiger partial charge in [-0.25, -0.2) is 9.37 Å². The molecular weight excluding hydrogens is 339 g/mol. The molecule has 1 heterocycles. The molecule has 0 aliphatic carbocycles. The largest absolute Gasteiger partial charge is 0.481 e. The molecule has 1 amide bonds. The summed E-state index contributed by atoms with van der Waals surface area (Å²) in [6, 6.07) is 15.5. The molecule has 0 radical (unpaired) electrons. The third-order valence-corrected chi connectivity index (χ3v) is 4.45. The van der Waals surface area contributed by atoms with Gasteiger partial charge >= 0.3 is 0 Å². The number of nitrogens with zero attached hydrogens (tertiary/aromatic N) is 1. The van der Waals surface area contributed by atoms with Gasteiger partial charge in [0.25, 0.3) is 5.91 Å². The van der Waals surface area contributed by atoms with Crippen molar-refractivity contribution in [1.29, 1.82) is 0 Å². The summed E-state index contributed by atoms with van der Waals surface area (Å²) >= 11 is 1.54. The van der Waals surface area contributed by atoms with E-state index in [2.05, 4.69) is 10.3 Å². The molecule has 0 bridgehead atoms. The van der Waals surface area contributed by atoms with E-state index in [4.69, 9.17) is 4.74 Å².